The lowest BCUT2D eigenvalue weighted by Crippen LogP contribution is -2.53. The van der Waals surface area contributed by atoms with E-state index in [1.165, 1.54) is 24.2 Å². The molecule has 1 aliphatic heterocycles. The van der Waals surface area contributed by atoms with E-state index in [9.17, 15) is 4.79 Å². The molecule has 1 saturated heterocycles. The van der Waals surface area contributed by atoms with E-state index in [1.807, 2.05) is 0 Å². The van der Waals surface area contributed by atoms with Crippen LogP contribution in [0, 0.1) is 11.3 Å². The van der Waals surface area contributed by atoms with Crippen molar-refractivity contribution in [3.05, 3.63) is 18.2 Å². The Kier molecular flexibility index (Phi) is 5.77. The normalized spacial score (nSPS) is 23.3. The summed E-state index contributed by atoms with van der Waals surface area (Å²) in [4.78, 5) is 14.3. The van der Waals surface area contributed by atoms with Gasteiger partial charge in [-0.1, -0.05) is 32.1 Å². The Balaban J connectivity index is 1.80. The number of hydrogen-bond acceptors (Lipinski definition) is 5. The van der Waals surface area contributed by atoms with Gasteiger partial charge in [0, 0.05) is 25.2 Å². The number of carbonyl (C=O) groups excluding carboxylic acids is 1. The molecule has 3 rings (SSSR count). The zero-order valence-electron chi connectivity index (χ0n) is 16.3. The van der Waals surface area contributed by atoms with Gasteiger partial charge in [0.15, 0.2) is 11.5 Å². The minimum absolute atomic E-state index is 0.104. The minimum atomic E-state index is -0.899. The molecule has 7 nitrogen and oxygen atoms in total. The van der Waals surface area contributed by atoms with Crippen molar-refractivity contribution in [2.24, 2.45) is 5.92 Å². The van der Waals surface area contributed by atoms with E-state index in [0.29, 0.717) is 29.6 Å². The molecule has 2 aliphatic rings. The third kappa shape index (κ3) is 4.12. The molecule has 7 heteroatoms. The first kappa shape index (κ1) is 19.3. The van der Waals surface area contributed by atoms with Crippen molar-refractivity contribution >= 4 is 11.9 Å². The summed E-state index contributed by atoms with van der Waals surface area (Å²) in [5, 5.41) is 11.2. The van der Waals surface area contributed by atoms with E-state index in [0.717, 1.165) is 12.8 Å². The predicted octanol–water partition coefficient (Wildman–Crippen LogP) is 2.79. The summed E-state index contributed by atoms with van der Waals surface area (Å²) in [6.45, 7) is 0.158. The lowest BCUT2D eigenvalue weighted by atomic mass is 9.79. The van der Waals surface area contributed by atoms with Gasteiger partial charge >= 0.3 is 0 Å². The number of benzene rings is 1. The second kappa shape index (κ2) is 8.06. The van der Waals surface area contributed by atoms with E-state index < -0.39 is 5.54 Å². The number of methoxy groups -OCH3 is 2. The van der Waals surface area contributed by atoms with Crippen molar-refractivity contribution in [1.29, 1.82) is 5.41 Å². The number of hydrogen-bond donors (Lipinski definition) is 2. The molecule has 0 spiro atoms. The molecule has 1 saturated carbocycles. The summed E-state index contributed by atoms with van der Waals surface area (Å²) in [6.07, 6.45) is 6.61. The van der Waals surface area contributed by atoms with Gasteiger partial charge in [0.2, 0.25) is 0 Å². The molecular formula is C20H29N3O4. The quantitative estimate of drug-likeness (QED) is 0.766. The Morgan fingerprint density at radius 3 is 2.22 bits per heavy atom. The van der Waals surface area contributed by atoms with Crippen molar-refractivity contribution < 1.29 is 19.0 Å². The van der Waals surface area contributed by atoms with Gasteiger partial charge in [-0.3, -0.25) is 15.1 Å². The Labute approximate surface area is 160 Å². The predicted molar refractivity (Wildman–Crippen MR) is 103 cm³/mol. The monoisotopic (exact) mass is 375 g/mol. The molecule has 1 aromatic carbocycles. The lowest BCUT2D eigenvalue weighted by molar-refractivity contribution is -0.132. The molecule has 0 radical (unpaired) electrons. The highest BCUT2D eigenvalue weighted by Crippen LogP contribution is 2.35. The van der Waals surface area contributed by atoms with Crippen molar-refractivity contribution in [2.75, 3.05) is 27.9 Å². The van der Waals surface area contributed by atoms with Crippen molar-refractivity contribution in [1.82, 2.24) is 10.2 Å². The van der Waals surface area contributed by atoms with Gasteiger partial charge in [0.1, 0.15) is 23.9 Å². The van der Waals surface area contributed by atoms with Gasteiger partial charge in [-0.15, -0.1) is 0 Å². The fourth-order valence-corrected chi connectivity index (χ4v) is 4.04. The molecule has 0 aromatic heterocycles. The van der Waals surface area contributed by atoms with Crippen LogP contribution in [-0.4, -0.2) is 50.2 Å². The molecule has 1 aliphatic carbocycles. The van der Waals surface area contributed by atoms with E-state index in [1.54, 1.807) is 39.5 Å². The van der Waals surface area contributed by atoms with Crippen LogP contribution in [0.25, 0.3) is 0 Å². The summed E-state index contributed by atoms with van der Waals surface area (Å²) >= 11 is 0. The number of carbonyl (C=O) groups is 1. The summed E-state index contributed by atoms with van der Waals surface area (Å²) < 4.78 is 16.6. The summed E-state index contributed by atoms with van der Waals surface area (Å²) in [5.41, 5.74) is -0.899. The van der Waals surface area contributed by atoms with Gasteiger partial charge in [0.05, 0.1) is 14.2 Å². The van der Waals surface area contributed by atoms with Crippen LogP contribution in [0.2, 0.25) is 0 Å². The number of nitrogens with one attached hydrogen (secondary N) is 2. The highest BCUT2D eigenvalue weighted by atomic mass is 16.5. The maximum absolute atomic E-state index is 13.0. The smallest absolute Gasteiger partial charge is 0.258 e. The highest BCUT2D eigenvalue weighted by molar-refractivity contribution is 6.07. The number of guanidine groups is 1. The van der Waals surface area contributed by atoms with Crippen LogP contribution in [0.4, 0.5) is 0 Å². The Morgan fingerprint density at radius 1 is 1.11 bits per heavy atom. The number of rotatable bonds is 7. The third-order valence-corrected chi connectivity index (χ3v) is 5.58. The zero-order chi connectivity index (χ0) is 19.4. The lowest BCUT2D eigenvalue weighted by Gasteiger charge is -2.32. The molecule has 0 bridgehead atoms. The Hall–Kier alpha value is -2.44. The minimum Gasteiger partial charge on any atom is -0.496 e. The van der Waals surface area contributed by atoms with Crippen LogP contribution in [0.1, 0.15) is 38.5 Å². The first-order chi connectivity index (χ1) is 13.0. The topological polar surface area (TPSA) is 83.9 Å². The van der Waals surface area contributed by atoms with Crippen LogP contribution >= 0.6 is 0 Å². The van der Waals surface area contributed by atoms with Crippen molar-refractivity contribution in [2.45, 2.75) is 44.1 Å². The summed E-state index contributed by atoms with van der Waals surface area (Å²) in [6, 6.07) is 5.31. The largest absolute Gasteiger partial charge is 0.496 e. The third-order valence-electron chi connectivity index (χ3n) is 5.58. The molecule has 1 amide bonds. The van der Waals surface area contributed by atoms with Crippen LogP contribution in [0.5, 0.6) is 17.2 Å². The number of ether oxygens (including phenoxy) is 3. The van der Waals surface area contributed by atoms with E-state index in [-0.39, 0.29) is 18.5 Å². The van der Waals surface area contributed by atoms with E-state index >= 15 is 0 Å². The summed E-state index contributed by atoms with van der Waals surface area (Å²) in [7, 11) is 4.80. The maximum Gasteiger partial charge on any atom is 0.258 e. The molecule has 1 aromatic rings. The molecular weight excluding hydrogens is 346 g/mol. The van der Waals surface area contributed by atoms with Gasteiger partial charge in [-0.2, -0.15) is 0 Å². The van der Waals surface area contributed by atoms with Gasteiger partial charge in [-0.05, 0) is 12.3 Å². The second-order valence-electron chi connectivity index (χ2n) is 7.47. The second-order valence-corrected chi connectivity index (χ2v) is 7.47. The molecule has 2 N–H and O–H groups in total. The average Bonchev–Trinajstić information content (AvgIpc) is 2.90. The van der Waals surface area contributed by atoms with Gasteiger partial charge < -0.3 is 19.5 Å². The first-order valence-corrected chi connectivity index (χ1v) is 9.48. The van der Waals surface area contributed by atoms with E-state index in [4.69, 9.17) is 19.6 Å². The average molecular weight is 375 g/mol. The maximum atomic E-state index is 13.0. The molecule has 1 heterocycles. The molecule has 1 atom stereocenters. The molecule has 1 unspecified atom stereocenters. The Morgan fingerprint density at radius 2 is 1.70 bits per heavy atom. The fraction of sp³-hybridized carbons (Fsp3) is 0.600. The van der Waals surface area contributed by atoms with Gasteiger partial charge in [0.25, 0.3) is 5.91 Å². The van der Waals surface area contributed by atoms with Crippen LogP contribution in [0.3, 0.4) is 0 Å². The van der Waals surface area contributed by atoms with E-state index in [2.05, 4.69) is 5.32 Å². The van der Waals surface area contributed by atoms with Crippen molar-refractivity contribution in [3.8, 4) is 17.2 Å². The molecule has 2 fully saturated rings. The van der Waals surface area contributed by atoms with Crippen LogP contribution < -0.4 is 19.5 Å². The highest BCUT2D eigenvalue weighted by Gasteiger charge is 2.50. The van der Waals surface area contributed by atoms with Crippen LogP contribution in [-0.2, 0) is 4.79 Å². The number of nitrogens with zero attached hydrogens (tertiary/aromatic N) is 1. The molecule has 148 valence electrons. The fourth-order valence-electron chi connectivity index (χ4n) is 4.04. The SMILES string of the molecule is COc1cc(OC)cc(OCC2(CC3CCCCC3)NC(=N)N(C)C2=O)c1. The molecule has 27 heavy (non-hydrogen) atoms. The zero-order valence-corrected chi connectivity index (χ0v) is 16.3. The number of amides is 1. The summed E-state index contributed by atoms with van der Waals surface area (Å²) in [5.74, 6) is 2.32. The van der Waals surface area contributed by atoms with Crippen molar-refractivity contribution in [3.63, 3.8) is 0 Å². The Bertz CT molecular complexity index is 680. The standard InChI is InChI=1S/C20H29N3O4/c1-23-18(24)20(22-19(23)21,12-14-7-5-4-6-8-14)13-27-17-10-15(25-2)9-16(11-17)26-3/h9-11,14H,4-8,12-13H2,1-3H3,(H2,21,22). The van der Waals surface area contributed by atoms with Gasteiger partial charge in [-0.25, -0.2) is 0 Å². The first-order valence-electron chi connectivity index (χ1n) is 9.48. The number of likely N-dealkylation sites (N-methyl/N-ethyl adjacent to an activating group) is 1. The van der Waals surface area contributed by atoms with Crippen LogP contribution in [0.15, 0.2) is 18.2 Å².